The molecule has 0 unspecified atom stereocenters. The molecule has 2 aromatic rings. The predicted molar refractivity (Wildman–Crippen MR) is 77.0 cm³/mol. The normalized spacial score (nSPS) is 10.6. The van der Waals surface area contributed by atoms with Crippen molar-refractivity contribution in [2.24, 2.45) is 0 Å². The highest BCUT2D eigenvalue weighted by molar-refractivity contribution is 5.87. The standard InChI is InChI=1S/C16H19NO/c1-12(2)11-18-16-9-8-13-6-4-5-7-14(13)15(16)10-17-3/h4-9,17H,1,10-11H2,2-3H3. The third-order valence-corrected chi connectivity index (χ3v) is 2.83. The molecular formula is C16H19NO. The van der Waals surface area contributed by atoms with E-state index in [2.05, 4.69) is 42.2 Å². The van der Waals surface area contributed by atoms with E-state index in [4.69, 9.17) is 4.74 Å². The molecule has 0 fully saturated rings. The van der Waals surface area contributed by atoms with Crippen molar-refractivity contribution in [3.05, 3.63) is 54.1 Å². The van der Waals surface area contributed by atoms with Crippen LogP contribution >= 0.6 is 0 Å². The molecule has 0 spiro atoms. The van der Waals surface area contributed by atoms with E-state index < -0.39 is 0 Å². The van der Waals surface area contributed by atoms with Crippen LogP contribution in [0.2, 0.25) is 0 Å². The third-order valence-electron chi connectivity index (χ3n) is 2.83. The maximum Gasteiger partial charge on any atom is 0.124 e. The zero-order valence-corrected chi connectivity index (χ0v) is 11.0. The lowest BCUT2D eigenvalue weighted by Gasteiger charge is -2.14. The SMILES string of the molecule is C=C(C)COc1ccc2ccccc2c1CNC. The Kier molecular flexibility index (Phi) is 4.00. The van der Waals surface area contributed by atoms with Crippen LogP contribution in [0.5, 0.6) is 5.75 Å². The van der Waals surface area contributed by atoms with Crippen LogP contribution in [-0.2, 0) is 6.54 Å². The Balaban J connectivity index is 2.44. The molecule has 2 rings (SSSR count). The molecule has 0 atom stereocenters. The van der Waals surface area contributed by atoms with Gasteiger partial charge in [0.05, 0.1) is 0 Å². The van der Waals surface area contributed by atoms with Crippen LogP contribution in [0.4, 0.5) is 0 Å². The van der Waals surface area contributed by atoms with Gasteiger partial charge in [0, 0.05) is 12.1 Å². The van der Waals surface area contributed by atoms with Gasteiger partial charge >= 0.3 is 0 Å². The fraction of sp³-hybridized carbons (Fsp3) is 0.250. The summed E-state index contributed by atoms with van der Waals surface area (Å²) in [6.07, 6.45) is 0. The average molecular weight is 241 g/mol. The van der Waals surface area contributed by atoms with Gasteiger partial charge in [-0.2, -0.15) is 0 Å². The molecule has 2 aromatic carbocycles. The molecular weight excluding hydrogens is 222 g/mol. The van der Waals surface area contributed by atoms with Crippen LogP contribution in [0, 0.1) is 0 Å². The molecule has 0 aliphatic heterocycles. The topological polar surface area (TPSA) is 21.3 Å². The van der Waals surface area contributed by atoms with Gasteiger partial charge in [0.15, 0.2) is 0 Å². The molecule has 1 N–H and O–H groups in total. The quantitative estimate of drug-likeness (QED) is 0.809. The van der Waals surface area contributed by atoms with Gasteiger partial charge in [0.25, 0.3) is 0 Å². The summed E-state index contributed by atoms with van der Waals surface area (Å²) in [6.45, 7) is 7.20. The van der Waals surface area contributed by atoms with Crippen molar-refractivity contribution in [2.45, 2.75) is 13.5 Å². The van der Waals surface area contributed by atoms with E-state index in [0.717, 1.165) is 17.9 Å². The van der Waals surface area contributed by atoms with Gasteiger partial charge in [0.2, 0.25) is 0 Å². The smallest absolute Gasteiger partial charge is 0.124 e. The molecule has 0 aliphatic rings. The van der Waals surface area contributed by atoms with Crippen LogP contribution in [-0.4, -0.2) is 13.7 Å². The zero-order chi connectivity index (χ0) is 13.0. The van der Waals surface area contributed by atoms with E-state index in [-0.39, 0.29) is 0 Å². The minimum atomic E-state index is 0.565. The van der Waals surface area contributed by atoms with Gasteiger partial charge in [0.1, 0.15) is 12.4 Å². The van der Waals surface area contributed by atoms with E-state index >= 15 is 0 Å². The van der Waals surface area contributed by atoms with Crippen LogP contribution in [0.1, 0.15) is 12.5 Å². The first kappa shape index (κ1) is 12.7. The molecule has 0 aromatic heterocycles. The first-order valence-electron chi connectivity index (χ1n) is 6.15. The molecule has 0 radical (unpaired) electrons. The number of fused-ring (bicyclic) bond motifs is 1. The number of hydrogen-bond acceptors (Lipinski definition) is 2. The Morgan fingerprint density at radius 2 is 2.00 bits per heavy atom. The Hall–Kier alpha value is -1.80. The summed E-state index contributed by atoms with van der Waals surface area (Å²) in [5.41, 5.74) is 2.23. The first-order valence-corrected chi connectivity index (χ1v) is 6.15. The molecule has 2 nitrogen and oxygen atoms in total. The van der Waals surface area contributed by atoms with Gasteiger partial charge < -0.3 is 10.1 Å². The lowest BCUT2D eigenvalue weighted by atomic mass is 10.0. The van der Waals surface area contributed by atoms with Gasteiger partial charge in [-0.3, -0.25) is 0 Å². The maximum absolute atomic E-state index is 5.82. The Bertz CT molecular complexity index is 560. The Morgan fingerprint density at radius 3 is 2.72 bits per heavy atom. The first-order chi connectivity index (χ1) is 8.72. The van der Waals surface area contributed by atoms with Crippen molar-refractivity contribution < 1.29 is 4.74 Å². The van der Waals surface area contributed by atoms with Gasteiger partial charge in [-0.15, -0.1) is 0 Å². The molecule has 0 amide bonds. The number of rotatable bonds is 5. The summed E-state index contributed by atoms with van der Waals surface area (Å²) >= 11 is 0. The molecule has 2 heteroatoms. The molecule has 0 heterocycles. The largest absolute Gasteiger partial charge is 0.489 e. The number of benzene rings is 2. The summed E-state index contributed by atoms with van der Waals surface area (Å²) in [4.78, 5) is 0. The molecule has 94 valence electrons. The Labute approximate surface area is 108 Å². The third kappa shape index (κ3) is 2.71. The molecule has 18 heavy (non-hydrogen) atoms. The van der Waals surface area contributed by atoms with Crippen LogP contribution in [0.25, 0.3) is 10.8 Å². The van der Waals surface area contributed by atoms with E-state index in [9.17, 15) is 0 Å². The van der Waals surface area contributed by atoms with Crippen LogP contribution in [0.15, 0.2) is 48.6 Å². The average Bonchev–Trinajstić information content (AvgIpc) is 2.38. The van der Waals surface area contributed by atoms with Crippen molar-refractivity contribution in [3.63, 3.8) is 0 Å². The number of hydrogen-bond donors (Lipinski definition) is 1. The zero-order valence-electron chi connectivity index (χ0n) is 11.0. The lowest BCUT2D eigenvalue weighted by molar-refractivity contribution is 0.349. The van der Waals surface area contributed by atoms with Crippen molar-refractivity contribution in [1.29, 1.82) is 0 Å². The predicted octanol–water partition coefficient (Wildman–Crippen LogP) is 3.51. The minimum absolute atomic E-state index is 0.565. The highest BCUT2D eigenvalue weighted by atomic mass is 16.5. The summed E-state index contributed by atoms with van der Waals surface area (Å²) in [5.74, 6) is 0.936. The fourth-order valence-electron chi connectivity index (χ4n) is 2.01. The molecule has 0 saturated heterocycles. The maximum atomic E-state index is 5.82. The van der Waals surface area contributed by atoms with Crippen LogP contribution in [0.3, 0.4) is 0 Å². The molecule has 0 aliphatic carbocycles. The summed E-state index contributed by atoms with van der Waals surface area (Å²) in [7, 11) is 1.95. The van der Waals surface area contributed by atoms with E-state index in [1.54, 1.807) is 0 Å². The number of nitrogens with one attached hydrogen (secondary N) is 1. The molecule has 0 bridgehead atoms. The summed E-state index contributed by atoms with van der Waals surface area (Å²) in [6, 6.07) is 12.5. The highest BCUT2D eigenvalue weighted by Gasteiger charge is 2.07. The second-order valence-electron chi connectivity index (χ2n) is 4.54. The highest BCUT2D eigenvalue weighted by Crippen LogP contribution is 2.28. The second kappa shape index (κ2) is 5.69. The second-order valence-corrected chi connectivity index (χ2v) is 4.54. The number of ether oxygens (including phenoxy) is 1. The monoisotopic (exact) mass is 241 g/mol. The fourth-order valence-corrected chi connectivity index (χ4v) is 2.01. The van der Waals surface area contributed by atoms with Gasteiger partial charge in [-0.25, -0.2) is 0 Å². The van der Waals surface area contributed by atoms with Crippen molar-refractivity contribution in [2.75, 3.05) is 13.7 Å². The van der Waals surface area contributed by atoms with Gasteiger partial charge in [-0.05, 0) is 36.4 Å². The Morgan fingerprint density at radius 1 is 1.22 bits per heavy atom. The van der Waals surface area contributed by atoms with E-state index in [1.165, 1.54) is 16.3 Å². The summed E-state index contributed by atoms with van der Waals surface area (Å²) < 4.78 is 5.82. The summed E-state index contributed by atoms with van der Waals surface area (Å²) in [5, 5.41) is 5.68. The van der Waals surface area contributed by atoms with Crippen LogP contribution < -0.4 is 10.1 Å². The molecule has 0 saturated carbocycles. The van der Waals surface area contributed by atoms with E-state index in [0.29, 0.717) is 6.61 Å². The van der Waals surface area contributed by atoms with Crippen molar-refractivity contribution >= 4 is 10.8 Å². The van der Waals surface area contributed by atoms with Gasteiger partial charge in [-0.1, -0.05) is 36.9 Å². The van der Waals surface area contributed by atoms with Crippen molar-refractivity contribution in [3.8, 4) is 5.75 Å². The minimum Gasteiger partial charge on any atom is -0.489 e. The van der Waals surface area contributed by atoms with Crippen molar-refractivity contribution in [1.82, 2.24) is 5.32 Å². The van der Waals surface area contributed by atoms with E-state index in [1.807, 2.05) is 20.0 Å². The lowest BCUT2D eigenvalue weighted by Crippen LogP contribution is -2.09.